The maximum atomic E-state index is 12.0. The van der Waals surface area contributed by atoms with E-state index < -0.39 is 10.2 Å². The Hall–Kier alpha value is -0.210. The molecule has 0 heterocycles. The molecular weight excluding hydrogens is 242 g/mol. The smallest absolute Gasteiger partial charge is 0.281 e. The lowest BCUT2D eigenvalue weighted by Crippen LogP contribution is -2.41. The van der Waals surface area contributed by atoms with Gasteiger partial charge in [-0.25, -0.2) is 0 Å². The van der Waals surface area contributed by atoms with Crippen molar-refractivity contribution in [3.63, 3.8) is 0 Å². The van der Waals surface area contributed by atoms with Gasteiger partial charge in [-0.3, -0.25) is 0 Å². The molecule has 0 spiro atoms. The van der Waals surface area contributed by atoms with Gasteiger partial charge in [-0.15, -0.1) is 0 Å². The van der Waals surface area contributed by atoms with E-state index >= 15 is 0 Å². The SMILES string of the molecule is CNCCCN(C)S(=O)(=O)N(C)CCCOC. The van der Waals surface area contributed by atoms with Gasteiger partial charge in [-0.1, -0.05) is 0 Å². The van der Waals surface area contributed by atoms with Crippen LogP contribution in [-0.4, -0.2) is 71.5 Å². The van der Waals surface area contributed by atoms with Crippen LogP contribution in [0.3, 0.4) is 0 Å². The van der Waals surface area contributed by atoms with Crippen LogP contribution >= 0.6 is 0 Å². The fourth-order valence-electron chi connectivity index (χ4n) is 1.38. The molecule has 0 unspecified atom stereocenters. The molecule has 0 bridgehead atoms. The highest BCUT2D eigenvalue weighted by molar-refractivity contribution is 7.86. The Morgan fingerprint density at radius 1 is 1.12 bits per heavy atom. The predicted octanol–water partition coefficient (Wildman–Crippen LogP) is -0.259. The van der Waals surface area contributed by atoms with Crippen molar-refractivity contribution in [1.82, 2.24) is 13.9 Å². The van der Waals surface area contributed by atoms with Crippen LogP contribution in [0.1, 0.15) is 12.8 Å². The van der Waals surface area contributed by atoms with E-state index in [1.54, 1.807) is 21.2 Å². The third-order valence-corrected chi connectivity index (χ3v) is 4.45. The minimum Gasteiger partial charge on any atom is -0.385 e. The Kier molecular flexibility index (Phi) is 8.71. The number of nitrogens with zero attached hydrogens (tertiary/aromatic N) is 2. The van der Waals surface area contributed by atoms with Crippen LogP contribution in [0.4, 0.5) is 0 Å². The van der Waals surface area contributed by atoms with Gasteiger partial charge in [0.15, 0.2) is 0 Å². The van der Waals surface area contributed by atoms with Gasteiger partial charge in [0.05, 0.1) is 0 Å². The van der Waals surface area contributed by atoms with Crippen molar-refractivity contribution in [1.29, 1.82) is 0 Å². The third kappa shape index (κ3) is 6.32. The number of methoxy groups -OCH3 is 1. The standard InChI is InChI=1S/C10H25N3O3S/c1-11-7-5-8-12(2)17(14,15)13(3)9-6-10-16-4/h11H,5-10H2,1-4H3. The molecule has 0 radical (unpaired) electrons. The van der Waals surface area contributed by atoms with Crippen molar-refractivity contribution in [3.05, 3.63) is 0 Å². The summed E-state index contributed by atoms with van der Waals surface area (Å²) >= 11 is 0. The minimum absolute atomic E-state index is 0.479. The van der Waals surface area contributed by atoms with E-state index in [4.69, 9.17) is 4.74 Å². The number of nitrogens with one attached hydrogen (secondary N) is 1. The number of hydrogen-bond donors (Lipinski definition) is 1. The van der Waals surface area contributed by atoms with Crippen LogP contribution < -0.4 is 5.32 Å². The quantitative estimate of drug-likeness (QED) is 0.554. The highest BCUT2D eigenvalue weighted by Gasteiger charge is 2.22. The van der Waals surface area contributed by atoms with Crippen molar-refractivity contribution >= 4 is 10.2 Å². The third-order valence-electron chi connectivity index (χ3n) is 2.51. The van der Waals surface area contributed by atoms with Crippen molar-refractivity contribution in [2.75, 3.05) is 54.5 Å². The van der Waals surface area contributed by atoms with E-state index in [2.05, 4.69) is 5.32 Å². The largest absolute Gasteiger partial charge is 0.385 e. The summed E-state index contributed by atoms with van der Waals surface area (Å²) in [6.45, 7) is 2.39. The minimum atomic E-state index is -3.32. The highest BCUT2D eigenvalue weighted by atomic mass is 32.2. The molecule has 0 aliphatic carbocycles. The van der Waals surface area contributed by atoms with Gasteiger partial charge in [0.1, 0.15) is 0 Å². The second kappa shape index (κ2) is 8.82. The van der Waals surface area contributed by atoms with E-state index in [1.165, 1.54) is 8.61 Å². The summed E-state index contributed by atoms with van der Waals surface area (Å²) in [6.07, 6.45) is 1.51. The summed E-state index contributed by atoms with van der Waals surface area (Å²) in [4.78, 5) is 0. The molecule has 0 rings (SSSR count). The monoisotopic (exact) mass is 267 g/mol. The van der Waals surface area contributed by atoms with Crippen LogP contribution in [0.5, 0.6) is 0 Å². The first-order valence-corrected chi connectivity index (χ1v) is 7.17. The van der Waals surface area contributed by atoms with E-state index in [9.17, 15) is 8.42 Å². The zero-order valence-corrected chi connectivity index (χ0v) is 12.1. The Bertz CT molecular complexity index is 261. The summed E-state index contributed by atoms with van der Waals surface area (Å²) in [6, 6.07) is 0. The van der Waals surface area contributed by atoms with Crippen LogP contribution in [0.15, 0.2) is 0 Å². The molecule has 0 saturated carbocycles. The summed E-state index contributed by atoms with van der Waals surface area (Å²) in [5, 5.41) is 2.99. The molecule has 0 amide bonds. The molecule has 0 aliphatic heterocycles. The lowest BCUT2D eigenvalue weighted by Gasteiger charge is -2.24. The molecule has 6 nitrogen and oxygen atoms in total. The highest BCUT2D eigenvalue weighted by Crippen LogP contribution is 2.05. The van der Waals surface area contributed by atoms with Crippen molar-refractivity contribution < 1.29 is 13.2 Å². The molecule has 0 atom stereocenters. The second-order valence-electron chi connectivity index (χ2n) is 3.95. The average Bonchev–Trinajstić information content (AvgIpc) is 2.29. The molecule has 0 aliphatic rings. The van der Waals surface area contributed by atoms with Crippen LogP contribution in [0.2, 0.25) is 0 Å². The van der Waals surface area contributed by atoms with E-state index in [0.717, 1.165) is 13.0 Å². The van der Waals surface area contributed by atoms with Crippen LogP contribution in [0.25, 0.3) is 0 Å². The Balaban J connectivity index is 4.14. The van der Waals surface area contributed by atoms with Crippen LogP contribution in [-0.2, 0) is 14.9 Å². The van der Waals surface area contributed by atoms with Crippen molar-refractivity contribution in [2.24, 2.45) is 0 Å². The van der Waals surface area contributed by atoms with E-state index in [1.807, 2.05) is 7.05 Å². The molecule has 0 fully saturated rings. The van der Waals surface area contributed by atoms with Gasteiger partial charge >= 0.3 is 0 Å². The fraction of sp³-hybridized carbons (Fsp3) is 1.00. The number of ether oxygens (including phenoxy) is 1. The number of rotatable bonds is 10. The average molecular weight is 267 g/mol. The topological polar surface area (TPSA) is 61.9 Å². The van der Waals surface area contributed by atoms with Gasteiger partial charge in [0.2, 0.25) is 0 Å². The van der Waals surface area contributed by atoms with Gasteiger partial charge in [0, 0.05) is 40.9 Å². The summed E-state index contributed by atoms with van der Waals surface area (Å²) in [7, 11) is 3.35. The van der Waals surface area contributed by atoms with E-state index in [0.29, 0.717) is 26.1 Å². The van der Waals surface area contributed by atoms with Gasteiger partial charge in [-0.05, 0) is 26.4 Å². The Morgan fingerprint density at radius 3 is 2.12 bits per heavy atom. The van der Waals surface area contributed by atoms with Crippen molar-refractivity contribution in [2.45, 2.75) is 12.8 Å². The lowest BCUT2D eigenvalue weighted by atomic mass is 10.4. The maximum Gasteiger partial charge on any atom is 0.281 e. The lowest BCUT2D eigenvalue weighted by molar-refractivity contribution is 0.188. The van der Waals surface area contributed by atoms with Gasteiger partial charge in [0.25, 0.3) is 10.2 Å². The Morgan fingerprint density at radius 2 is 1.65 bits per heavy atom. The molecular formula is C10H25N3O3S. The molecule has 0 aromatic rings. The first-order valence-electron chi connectivity index (χ1n) is 5.78. The molecule has 7 heteroatoms. The predicted molar refractivity (Wildman–Crippen MR) is 69.2 cm³/mol. The zero-order valence-electron chi connectivity index (χ0n) is 11.3. The molecule has 104 valence electrons. The normalized spacial score (nSPS) is 12.6. The summed E-state index contributed by atoms with van der Waals surface area (Å²) in [5.41, 5.74) is 0. The van der Waals surface area contributed by atoms with E-state index in [-0.39, 0.29) is 0 Å². The molecule has 0 aromatic heterocycles. The maximum absolute atomic E-state index is 12.0. The Labute approximate surface area is 105 Å². The molecule has 0 aromatic carbocycles. The molecule has 0 saturated heterocycles. The second-order valence-corrected chi connectivity index (χ2v) is 6.10. The summed E-state index contributed by atoms with van der Waals surface area (Å²) < 4.78 is 31.7. The van der Waals surface area contributed by atoms with Crippen LogP contribution in [0, 0.1) is 0 Å². The first-order chi connectivity index (χ1) is 7.96. The van der Waals surface area contributed by atoms with Gasteiger partial charge < -0.3 is 10.1 Å². The fourth-order valence-corrected chi connectivity index (χ4v) is 2.57. The number of hydrogen-bond acceptors (Lipinski definition) is 4. The first kappa shape index (κ1) is 16.8. The molecule has 17 heavy (non-hydrogen) atoms. The van der Waals surface area contributed by atoms with Crippen molar-refractivity contribution in [3.8, 4) is 0 Å². The summed E-state index contributed by atoms with van der Waals surface area (Å²) in [5.74, 6) is 0. The van der Waals surface area contributed by atoms with Gasteiger partial charge in [-0.2, -0.15) is 17.0 Å². The zero-order chi connectivity index (χ0) is 13.3. The molecule has 1 N–H and O–H groups in total.